The summed E-state index contributed by atoms with van der Waals surface area (Å²) in [6.45, 7) is 3.04. The smallest absolute Gasteiger partial charge is 0.326 e. The number of rotatable bonds is 6. The van der Waals surface area contributed by atoms with Gasteiger partial charge in [-0.1, -0.05) is 18.5 Å². The van der Waals surface area contributed by atoms with Crippen molar-refractivity contribution in [2.24, 2.45) is 0 Å². The second kappa shape index (κ2) is 8.36. The molecule has 4 rings (SSSR count). The number of hydrogen-bond donors (Lipinski definition) is 0. The van der Waals surface area contributed by atoms with Gasteiger partial charge in [0.05, 0.1) is 19.1 Å². The number of imidazole rings is 1. The van der Waals surface area contributed by atoms with E-state index in [9.17, 15) is 9.59 Å². The number of aryl methyl sites for hydroxylation is 1. The molecule has 0 aliphatic carbocycles. The minimum atomic E-state index is -0.883. The number of ether oxygens (including phenoxy) is 3. The summed E-state index contributed by atoms with van der Waals surface area (Å²) in [6.07, 6.45) is 2.46. The summed E-state index contributed by atoms with van der Waals surface area (Å²) < 4.78 is 23.7. The maximum Gasteiger partial charge on any atom is 0.326 e. The van der Waals surface area contributed by atoms with Crippen molar-refractivity contribution in [2.45, 2.75) is 45.1 Å². The van der Waals surface area contributed by atoms with Crippen LogP contribution in [0.3, 0.4) is 0 Å². The molecule has 1 saturated heterocycles. The van der Waals surface area contributed by atoms with Gasteiger partial charge < -0.3 is 23.2 Å². The summed E-state index contributed by atoms with van der Waals surface area (Å²) in [7, 11) is 0. The molecule has 0 aromatic carbocycles. The number of hydrogen-bond acceptors (Lipinski definition) is 10. The molecule has 0 radical (unpaired) electrons. The minimum absolute atomic E-state index is 0.0247. The average molecular weight is 436 g/mol. The third-order valence-corrected chi connectivity index (χ3v) is 4.79. The molecule has 1 fully saturated rings. The zero-order chi connectivity index (χ0) is 21.3. The summed E-state index contributed by atoms with van der Waals surface area (Å²) in [6, 6.07) is 0. The van der Waals surface area contributed by atoms with Gasteiger partial charge in [-0.05, 0) is 0 Å². The van der Waals surface area contributed by atoms with Crippen molar-refractivity contribution in [2.75, 3.05) is 6.61 Å². The highest BCUT2D eigenvalue weighted by atomic mass is 35.5. The Morgan fingerprint density at radius 1 is 1.27 bits per heavy atom. The molecule has 30 heavy (non-hydrogen) atoms. The van der Waals surface area contributed by atoms with Crippen LogP contribution in [-0.2, 0) is 36.8 Å². The lowest BCUT2D eigenvalue weighted by atomic mass is 10.1. The topological polar surface area (TPSA) is 131 Å². The van der Waals surface area contributed by atoms with Gasteiger partial charge in [0.25, 0.3) is 0 Å². The Morgan fingerprint density at radius 2 is 2.10 bits per heavy atom. The van der Waals surface area contributed by atoms with Crippen LogP contribution in [0.5, 0.6) is 0 Å². The number of halogens is 1. The van der Waals surface area contributed by atoms with E-state index in [2.05, 4.69) is 19.9 Å². The van der Waals surface area contributed by atoms with Crippen LogP contribution in [0, 0.1) is 0 Å². The Morgan fingerprint density at radius 3 is 2.83 bits per heavy atom. The van der Waals surface area contributed by atoms with Crippen LogP contribution in [0.2, 0.25) is 5.15 Å². The van der Waals surface area contributed by atoms with Crippen molar-refractivity contribution < 1.29 is 28.2 Å². The molecule has 12 heteroatoms. The molecule has 0 spiro atoms. The quantitative estimate of drug-likeness (QED) is 0.415. The standard InChI is InChI=1S/C18H18ClN5O6/c1-3-10-4-20-18(29-10)15-14(28-9(2)25)11(6-27-15)30-12(26)5-24-8-23-13-16(19)21-7-22-17(13)24/h4,7-8,11,14-15H,3,5-6H2,1-2H3/t11-,14-,15+/m1/s1. The van der Waals surface area contributed by atoms with Crippen LogP contribution >= 0.6 is 11.6 Å². The van der Waals surface area contributed by atoms with E-state index in [1.807, 2.05) is 6.92 Å². The van der Waals surface area contributed by atoms with Crippen molar-refractivity contribution in [1.82, 2.24) is 24.5 Å². The normalized spacial score (nSPS) is 21.1. The van der Waals surface area contributed by atoms with Crippen molar-refractivity contribution in [3.63, 3.8) is 0 Å². The third kappa shape index (κ3) is 3.98. The monoisotopic (exact) mass is 435 g/mol. The molecule has 1 aliphatic rings. The van der Waals surface area contributed by atoms with Crippen molar-refractivity contribution in [3.05, 3.63) is 35.7 Å². The van der Waals surface area contributed by atoms with Crippen LogP contribution < -0.4 is 0 Å². The van der Waals surface area contributed by atoms with Crippen LogP contribution in [0.15, 0.2) is 23.3 Å². The predicted octanol–water partition coefficient (Wildman–Crippen LogP) is 1.65. The third-order valence-electron chi connectivity index (χ3n) is 4.51. The van der Waals surface area contributed by atoms with Gasteiger partial charge in [-0.3, -0.25) is 9.59 Å². The van der Waals surface area contributed by atoms with E-state index in [0.29, 0.717) is 23.3 Å². The summed E-state index contributed by atoms with van der Waals surface area (Å²) in [4.78, 5) is 40.4. The Kier molecular flexibility index (Phi) is 5.64. The Balaban J connectivity index is 1.48. The summed E-state index contributed by atoms with van der Waals surface area (Å²) in [5.41, 5.74) is 0.778. The second-order valence-corrected chi connectivity index (χ2v) is 6.94. The van der Waals surface area contributed by atoms with Crippen molar-refractivity contribution in [1.29, 1.82) is 0 Å². The number of carbonyl (C=O) groups is 2. The summed E-state index contributed by atoms with van der Waals surface area (Å²) in [5.74, 6) is -0.185. The van der Waals surface area contributed by atoms with E-state index in [1.165, 1.54) is 24.1 Å². The Labute approximate surface area is 175 Å². The zero-order valence-electron chi connectivity index (χ0n) is 16.1. The highest BCUT2D eigenvalue weighted by Gasteiger charge is 2.45. The summed E-state index contributed by atoms with van der Waals surface area (Å²) in [5, 5.41) is 0.187. The average Bonchev–Trinajstić information content (AvgIpc) is 3.42. The zero-order valence-corrected chi connectivity index (χ0v) is 16.9. The van der Waals surface area contributed by atoms with Crippen LogP contribution in [0.1, 0.15) is 31.6 Å². The lowest BCUT2D eigenvalue weighted by Crippen LogP contribution is -2.35. The van der Waals surface area contributed by atoms with Gasteiger partial charge in [0.2, 0.25) is 5.89 Å². The molecular formula is C18H18ClN5O6. The number of nitrogens with zero attached hydrogens (tertiary/aromatic N) is 5. The first-order valence-electron chi connectivity index (χ1n) is 9.20. The molecular weight excluding hydrogens is 418 g/mol. The van der Waals surface area contributed by atoms with E-state index >= 15 is 0 Å². The molecule has 0 saturated carbocycles. The SMILES string of the molecule is CCc1cnc([C@H]2OC[C@@H](OC(=O)Cn3cnc4c(Cl)ncnc43)[C@H]2OC(C)=O)o1. The first-order valence-corrected chi connectivity index (χ1v) is 9.58. The predicted molar refractivity (Wildman–Crippen MR) is 100 cm³/mol. The van der Waals surface area contributed by atoms with Crippen LogP contribution in [-0.4, -0.2) is 55.3 Å². The van der Waals surface area contributed by atoms with Crippen molar-refractivity contribution >= 4 is 34.7 Å². The van der Waals surface area contributed by atoms with Gasteiger partial charge in [0.1, 0.15) is 24.1 Å². The lowest BCUT2D eigenvalue weighted by molar-refractivity contribution is -0.165. The fourth-order valence-corrected chi connectivity index (χ4v) is 3.33. The molecule has 3 aromatic rings. The first-order chi connectivity index (χ1) is 14.5. The number of oxazole rings is 1. The second-order valence-electron chi connectivity index (χ2n) is 6.58. The Bertz CT molecular complexity index is 1080. The number of carbonyl (C=O) groups excluding carboxylic acids is 2. The fourth-order valence-electron chi connectivity index (χ4n) is 3.16. The fraction of sp³-hybridized carbons (Fsp3) is 0.444. The van der Waals surface area contributed by atoms with Gasteiger partial charge in [-0.2, -0.15) is 0 Å². The maximum atomic E-state index is 12.5. The molecule has 158 valence electrons. The highest BCUT2D eigenvalue weighted by molar-refractivity contribution is 6.33. The lowest BCUT2D eigenvalue weighted by Gasteiger charge is -2.21. The van der Waals surface area contributed by atoms with E-state index in [-0.39, 0.29) is 24.2 Å². The van der Waals surface area contributed by atoms with Gasteiger partial charge in [0, 0.05) is 13.3 Å². The van der Waals surface area contributed by atoms with E-state index in [1.54, 1.807) is 6.20 Å². The number of fused-ring (bicyclic) bond motifs is 1. The Hall–Kier alpha value is -3.05. The molecule has 1 aliphatic heterocycles. The summed E-state index contributed by atoms with van der Waals surface area (Å²) >= 11 is 5.98. The molecule has 0 N–H and O–H groups in total. The maximum absolute atomic E-state index is 12.5. The molecule has 0 amide bonds. The molecule has 3 aromatic heterocycles. The number of esters is 2. The molecule has 3 atom stereocenters. The first kappa shape index (κ1) is 20.2. The van der Waals surface area contributed by atoms with Gasteiger partial charge in [-0.15, -0.1) is 0 Å². The van der Waals surface area contributed by atoms with E-state index < -0.39 is 30.3 Å². The highest BCUT2D eigenvalue weighted by Crippen LogP contribution is 2.33. The van der Waals surface area contributed by atoms with Gasteiger partial charge in [-0.25, -0.2) is 19.9 Å². The van der Waals surface area contributed by atoms with Crippen molar-refractivity contribution in [3.8, 4) is 0 Å². The van der Waals surface area contributed by atoms with Gasteiger partial charge >= 0.3 is 11.9 Å². The minimum Gasteiger partial charge on any atom is -0.455 e. The molecule has 4 heterocycles. The molecule has 0 unspecified atom stereocenters. The largest absolute Gasteiger partial charge is 0.455 e. The van der Waals surface area contributed by atoms with E-state index in [4.69, 9.17) is 30.2 Å². The molecule has 0 bridgehead atoms. The van der Waals surface area contributed by atoms with Crippen LogP contribution in [0.25, 0.3) is 11.2 Å². The number of aromatic nitrogens is 5. The van der Waals surface area contributed by atoms with Gasteiger partial charge in [0.15, 0.2) is 29.1 Å². The van der Waals surface area contributed by atoms with Crippen LogP contribution in [0.4, 0.5) is 0 Å². The van der Waals surface area contributed by atoms with E-state index in [0.717, 1.165) is 0 Å². The molecule has 11 nitrogen and oxygen atoms in total.